The van der Waals surface area contributed by atoms with Gasteiger partial charge in [0, 0.05) is 17.3 Å². The predicted molar refractivity (Wildman–Crippen MR) is 108 cm³/mol. The first-order valence-corrected chi connectivity index (χ1v) is 9.49. The molecule has 3 aromatic rings. The number of nitrogens with zero attached hydrogens (tertiary/aromatic N) is 2. The number of carbonyl (C=O) groups excluding carboxylic acids is 1. The van der Waals surface area contributed by atoms with Gasteiger partial charge in [-0.15, -0.1) is 0 Å². The summed E-state index contributed by atoms with van der Waals surface area (Å²) in [7, 11) is 0. The Morgan fingerprint density at radius 2 is 1.52 bits per heavy atom. The summed E-state index contributed by atoms with van der Waals surface area (Å²) in [5.74, 6) is -1.02. The molecular formula is C22H17F6N3O2. The molecule has 0 aliphatic heterocycles. The molecule has 0 spiro atoms. The van der Waals surface area contributed by atoms with Crippen molar-refractivity contribution < 1.29 is 31.1 Å². The molecule has 33 heavy (non-hydrogen) atoms. The van der Waals surface area contributed by atoms with E-state index >= 15 is 0 Å². The molecule has 0 radical (unpaired) electrons. The van der Waals surface area contributed by atoms with Gasteiger partial charge in [0.1, 0.15) is 6.54 Å². The standard InChI is InChI=1S/C22H17F6N3O2/c1-12-3-4-13(2)17(7-12)18-5-6-20(33)31(30-18)11-19(32)29-16-9-14(21(23,24)25)8-15(10-16)22(26,27)28/h3-10H,11H2,1-2H3,(H,29,32). The Morgan fingerprint density at radius 3 is 2.09 bits per heavy atom. The van der Waals surface area contributed by atoms with Crippen LogP contribution in [0.1, 0.15) is 22.3 Å². The molecule has 3 rings (SSSR count). The van der Waals surface area contributed by atoms with Crippen LogP contribution < -0.4 is 10.9 Å². The van der Waals surface area contributed by atoms with E-state index in [0.29, 0.717) is 23.4 Å². The van der Waals surface area contributed by atoms with Crippen molar-refractivity contribution >= 4 is 11.6 Å². The zero-order valence-corrected chi connectivity index (χ0v) is 17.3. The highest BCUT2D eigenvalue weighted by atomic mass is 19.4. The predicted octanol–water partition coefficient (Wildman–Crippen LogP) is 5.20. The maximum atomic E-state index is 13.0. The first kappa shape index (κ1) is 24.0. The number of hydrogen-bond donors (Lipinski definition) is 1. The minimum atomic E-state index is -5.06. The van der Waals surface area contributed by atoms with Crippen LogP contribution in [0.3, 0.4) is 0 Å². The quantitative estimate of drug-likeness (QED) is 0.534. The van der Waals surface area contributed by atoms with Crippen molar-refractivity contribution in [2.24, 2.45) is 0 Å². The van der Waals surface area contributed by atoms with Gasteiger partial charge < -0.3 is 5.32 Å². The van der Waals surface area contributed by atoms with Crippen LogP contribution in [0.2, 0.25) is 0 Å². The third-order valence-electron chi connectivity index (χ3n) is 4.70. The molecule has 1 amide bonds. The zero-order valence-electron chi connectivity index (χ0n) is 17.3. The van der Waals surface area contributed by atoms with Crippen molar-refractivity contribution in [1.29, 1.82) is 0 Å². The summed E-state index contributed by atoms with van der Waals surface area (Å²) in [5, 5.41) is 6.11. The highest BCUT2D eigenvalue weighted by Gasteiger charge is 2.37. The van der Waals surface area contributed by atoms with Gasteiger partial charge in [0.25, 0.3) is 5.56 Å². The van der Waals surface area contributed by atoms with Crippen LogP contribution in [0.15, 0.2) is 53.3 Å². The Balaban J connectivity index is 1.90. The van der Waals surface area contributed by atoms with Crippen LogP contribution in [-0.4, -0.2) is 15.7 Å². The largest absolute Gasteiger partial charge is 0.416 e. The molecule has 0 aliphatic carbocycles. The Hall–Kier alpha value is -3.63. The van der Waals surface area contributed by atoms with Crippen LogP contribution in [0, 0.1) is 13.8 Å². The molecule has 0 saturated heterocycles. The first-order chi connectivity index (χ1) is 15.2. The molecule has 0 bridgehead atoms. The lowest BCUT2D eigenvalue weighted by Gasteiger charge is -2.15. The number of aryl methyl sites for hydroxylation is 2. The van der Waals surface area contributed by atoms with Gasteiger partial charge in [-0.3, -0.25) is 9.59 Å². The number of alkyl halides is 6. The second-order valence-electron chi connectivity index (χ2n) is 7.38. The summed E-state index contributed by atoms with van der Waals surface area (Å²) >= 11 is 0. The van der Waals surface area contributed by atoms with Gasteiger partial charge >= 0.3 is 12.4 Å². The maximum absolute atomic E-state index is 13.0. The molecule has 0 atom stereocenters. The number of amides is 1. The van der Waals surface area contributed by atoms with Crippen LogP contribution >= 0.6 is 0 Å². The lowest BCUT2D eigenvalue weighted by molar-refractivity contribution is -0.143. The average molecular weight is 469 g/mol. The first-order valence-electron chi connectivity index (χ1n) is 9.49. The lowest BCUT2D eigenvalue weighted by Crippen LogP contribution is -2.29. The van der Waals surface area contributed by atoms with Gasteiger partial charge in [0.2, 0.25) is 5.91 Å². The summed E-state index contributed by atoms with van der Waals surface area (Å²) in [6, 6.07) is 8.91. The third kappa shape index (κ3) is 5.79. The monoisotopic (exact) mass is 469 g/mol. The Morgan fingerprint density at radius 1 is 0.909 bits per heavy atom. The van der Waals surface area contributed by atoms with E-state index < -0.39 is 47.2 Å². The zero-order chi connectivity index (χ0) is 24.6. The number of hydrogen-bond acceptors (Lipinski definition) is 3. The van der Waals surface area contributed by atoms with Crippen molar-refractivity contribution in [3.8, 4) is 11.3 Å². The van der Waals surface area contributed by atoms with E-state index in [9.17, 15) is 35.9 Å². The minimum absolute atomic E-state index is 0.0463. The van der Waals surface area contributed by atoms with E-state index in [1.54, 1.807) is 0 Å². The molecule has 1 N–H and O–H groups in total. The number of aromatic nitrogens is 2. The molecule has 0 fully saturated rings. The molecule has 174 valence electrons. The summed E-state index contributed by atoms with van der Waals surface area (Å²) in [6.45, 7) is 2.97. The molecule has 0 saturated carbocycles. The number of rotatable bonds is 4. The Labute approximate surface area is 183 Å². The summed E-state index contributed by atoms with van der Waals surface area (Å²) in [4.78, 5) is 24.5. The number of carbonyl (C=O) groups is 1. The van der Waals surface area contributed by atoms with E-state index in [-0.39, 0.29) is 6.07 Å². The molecule has 1 aromatic heterocycles. The molecule has 11 heteroatoms. The average Bonchev–Trinajstić information content (AvgIpc) is 2.70. The molecule has 1 heterocycles. The second kappa shape index (κ2) is 8.72. The normalized spacial score (nSPS) is 12.0. The fraction of sp³-hybridized carbons (Fsp3) is 0.227. The summed E-state index contributed by atoms with van der Waals surface area (Å²) in [5.41, 5.74) is -1.65. The number of halogens is 6. The van der Waals surface area contributed by atoms with E-state index in [1.807, 2.05) is 37.4 Å². The molecule has 2 aromatic carbocycles. The fourth-order valence-electron chi connectivity index (χ4n) is 3.08. The number of nitrogens with one attached hydrogen (secondary N) is 1. The molecular weight excluding hydrogens is 452 g/mol. The van der Waals surface area contributed by atoms with E-state index in [1.165, 1.54) is 12.1 Å². The van der Waals surface area contributed by atoms with Crippen molar-refractivity contribution in [1.82, 2.24) is 9.78 Å². The minimum Gasteiger partial charge on any atom is -0.324 e. The number of anilines is 1. The third-order valence-corrected chi connectivity index (χ3v) is 4.70. The van der Waals surface area contributed by atoms with Gasteiger partial charge in [-0.05, 0) is 49.7 Å². The van der Waals surface area contributed by atoms with Gasteiger partial charge in [-0.1, -0.05) is 17.7 Å². The molecule has 5 nitrogen and oxygen atoms in total. The van der Waals surface area contributed by atoms with Crippen LogP contribution in [0.5, 0.6) is 0 Å². The summed E-state index contributed by atoms with van der Waals surface area (Å²) in [6.07, 6.45) is -10.1. The van der Waals surface area contributed by atoms with Crippen molar-refractivity contribution in [3.05, 3.63) is 81.1 Å². The molecule has 0 unspecified atom stereocenters. The van der Waals surface area contributed by atoms with Crippen molar-refractivity contribution in [2.45, 2.75) is 32.7 Å². The second-order valence-corrected chi connectivity index (χ2v) is 7.38. The Kier molecular flexibility index (Phi) is 6.35. The number of benzene rings is 2. The summed E-state index contributed by atoms with van der Waals surface area (Å²) < 4.78 is 78.8. The van der Waals surface area contributed by atoms with Crippen LogP contribution in [-0.2, 0) is 23.7 Å². The van der Waals surface area contributed by atoms with Crippen molar-refractivity contribution in [3.63, 3.8) is 0 Å². The highest BCUT2D eigenvalue weighted by Crippen LogP contribution is 2.37. The van der Waals surface area contributed by atoms with Gasteiger partial charge in [0.15, 0.2) is 0 Å². The van der Waals surface area contributed by atoms with Crippen LogP contribution in [0.4, 0.5) is 32.0 Å². The maximum Gasteiger partial charge on any atom is 0.416 e. The van der Waals surface area contributed by atoms with E-state index in [0.717, 1.165) is 15.8 Å². The van der Waals surface area contributed by atoms with Gasteiger partial charge in [0.05, 0.1) is 16.8 Å². The fourth-order valence-corrected chi connectivity index (χ4v) is 3.08. The van der Waals surface area contributed by atoms with Crippen LogP contribution in [0.25, 0.3) is 11.3 Å². The van der Waals surface area contributed by atoms with Gasteiger partial charge in [-0.25, -0.2) is 4.68 Å². The molecule has 0 aliphatic rings. The topological polar surface area (TPSA) is 64.0 Å². The van der Waals surface area contributed by atoms with E-state index in [4.69, 9.17) is 0 Å². The lowest BCUT2D eigenvalue weighted by atomic mass is 10.0. The van der Waals surface area contributed by atoms with E-state index in [2.05, 4.69) is 5.10 Å². The van der Waals surface area contributed by atoms with Crippen molar-refractivity contribution in [2.75, 3.05) is 5.32 Å². The smallest absolute Gasteiger partial charge is 0.324 e. The highest BCUT2D eigenvalue weighted by molar-refractivity contribution is 5.90. The van der Waals surface area contributed by atoms with Gasteiger partial charge in [-0.2, -0.15) is 31.4 Å². The SMILES string of the molecule is Cc1ccc(C)c(-c2ccc(=O)n(CC(=O)Nc3cc(C(F)(F)F)cc(C(F)(F)F)c3)n2)c1. The Bertz CT molecular complexity index is 1230.